The van der Waals surface area contributed by atoms with Crippen LogP contribution in [0.1, 0.15) is 36.7 Å². The van der Waals surface area contributed by atoms with Gasteiger partial charge in [0.25, 0.3) is 5.91 Å². The quantitative estimate of drug-likeness (QED) is 0.403. The Bertz CT molecular complexity index is 1060. The number of para-hydroxylation sites is 1. The number of fused-ring (bicyclic) bond motifs is 1. The average molecular weight is 377 g/mol. The Kier molecular flexibility index (Phi) is 5.89. The lowest BCUT2D eigenvalue weighted by Crippen LogP contribution is -2.23. The van der Waals surface area contributed by atoms with E-state index in [0.29, 0.717) is 22.4 Å². The number of hydrogen-bond donors (Lipinski definition) is 1. The first kappa shape index (κ1) is 19.4. The second-order valence-electron chi connectivity index (χ2n) is 6.34. The zero-order valence-electron chi connectivity index (χ0n) is 16.2. The molecule has 0 spiro atoms. The number of carbonyl (C=O) groups is 1. The van der Waals surface area contributed by atoms with Gasteiger partial charge >= 0.3 is 5.63 Å². The summed E-state index contributed by atoms with van der Waals surface area (Å²) in [6.07, 6.45) is 0. The van der Waals surface area contributed by atoms with Crippen LogP contribution in [0.3, 0.4) is 0 Å². The fourth-order valence-electron chi connectivity index (χ4n) is 2.99. The van der Waals surface area contributed by atoms with Gasteiger partial charge in [-0.2, -0.15) is 5.10 Å². The monoisotopic (exact) mass is 377 g/mol. The van der Waals surface area contributed by atoms with Crippen LogP contribution in [0.15, 0.2) is 68.9 Å². The zero-order valence-corrected chi connectivity index (χ0v) is 16.2. The molecule has 0 aliphatic carbocycles. The standard InChI is InChI=1S/C22H23N3O3/c1-4-25(5-2)18-12-10-16(11-13-18)21(26)24-23-15(3)19-14-17-8-6-7-9-20(17)28-22(19)27/h6-14H,4-5H2,1-3H3,(H,24,26)/b23-15-. The van der Waals surface area contributed by atoms with Crippen molar-refractivity contribution in [2.45, 2.75) is 20.8 Å². The molecule has 0 radical (unpaired) electrons. The third kappa shape index (κ3) is 4.11. The van der Waals surface area contributed by atoms with Crippen LogP contribution in [0, 0.1) is 0 Å². The van der Waals surface area contributed by atoms with Crippen LogP contribution in [-0.2, 0) is 0 Å². The van der Waals surface area contributed by atoms with E-state index >= 15 is 0 Å². The maximum absolute atomic E-state index is 12.4. The third-order valence-corrected chi connectivity index (χ3v) is 4.61. The predicted molar refractivity (Wildman–Crippen MR) is 112 cm³/mol. The minimum Gasteiger partial charge on any atom is -0.422 e. The summed E-state index contributed by atoms with van der Waals surface area (Å²) >= 11 is 0. The summed E-state index contributed by atoms with van der Waals surface area (Å²) in [6.45, 7) is 7.64. The highest BCUT2D eigenvalue weighted by molar-refractivity contribution is 6.02. The summed E-state index contributed by atoms with van der Waals surface area (Å²) in [5.74, 6) is -0.337. The van der Waals surface area contributed by atoms with Crippen LogP contribution in [0.4, 0.5) is 5.69 Å². The van der Waals surface area contributed by atoms with Gasteiger partial charge in [-0.15, -0.1) is 0 Å². The minimum atomic E-state index is -0.488. The van der Waals surface area contributed by atoms with E-state index < -0.39 is 5.63 Å². The van der Waals surface area contributed by atoms with Crippen molar-refractivity contribution < 1.29 is 9.21 Å². The number of nitrogens with one attached hydrogen (secondary N) is 1. The van der Waals surface area contributed by atoms with Gasteiger partial charge in [0, 0.05) is 29.7 Å². The Hall–Kier alpha value is -3.41. The molecular weight excluding hydrogens is 354 g/mol. The average Bonchev–Trinajstić information content (AvgIpc) is 2.72. The fourth-order valence-corrected chi connectivity index (χ4v) is 2.99. The molecular formula is C22H23N3O3. The fraction of sp³-hybridized carbons (Fsp3) is 0.227. The molecule has 0 unspecified atom stereocenters. The van der Waals surface area contributed by atoms with Crippen LogP contribution in [0.2, 0.25) is 0 Å². The van der Waals surface area contributed by atoms with E-state index in [1.807, 2.05) is 24.3 Å². The lowest BCUT2D eigenvalue weighted by Gasteiger charge is -2.20. The Morgan fingerprint density at radius 3 is 2.43 bits per heavy atom. The molecule has 144 valence electrons. The number of hydrazone groups is 1. The molecule has 0 aliphatic heterocycles. The second kappa shape index (κ2) is 8.52. The summed E-state index contributed by atoms with van der Waals surface area (Å²) in [7, 11) is 0. The number of amides is 1. The first-order valence-electron chi connectivity index (χ1n) is 9.26. The molecule has 3 aromatic rings. The second-order valence-corrected chi connectivity index (χ2v) is 6.34. The third-order valence-electron chi connectivity index (χ3n) is 4.61. The Morgan fingerprint density at radius 2 is 1.75 bits per heavy atom. The molecule has 3 rings (SSSR count). The SMILES string of the molecule is CCN(CC)c1ccc(C(=O)N/N=C(/C)c2cc3ccccc3oc2=O)cc1. The Morgan fingerprint density at radius 1 is 1.07 bits per heavy atom. The first-order valence-corrected chi connectivity index (χ1v) is 9.26. The highest BCUT2D eigenvalue weighted by Crippen LogP contribution is 2.15. The van der Waals surface area contributed by atoms with Gasteiger partial charge in [0.1, 0.15) is 5.58 Å². The van der Waals surface area contributed by atoms with Crippen molar-refractivity contribution in [2.24, 2.45) is 5.10 Å². The molecule has 2 aromatic carbocycles. The Balaban J connectivity index is 1.77. The molecule has 1 N–H and O–H groups in total. The molecule has 1 aromatic heterocycles. The molecule has 6 nitrogen and oxygen atoms in total. The van der Waals surface area contributed by atoms with Gasteiger partial charge in [-0.25, -0.2) is 10.2 Å². The lowest BCUT2D eigenvalue weighted by atomic mass is 10.1. The molecule has 0 atom stereocenters. The molecule has 1 amide bonds. The normalized spacial score (nSPS) is 11.5. The van der Waals surface area contributed by atoms with Crippen LogP contribution >= 0.6 is 0 Å². The van der Waals surface area contributed by atoms with E-state index in [9.17, 15) is 9.59 Å². The highest BCUT2D eigenvalue weighted by Gasteiger charge is 2.10. The predicted octanol–water partition coefficient (Wildman–Crippen LogP) is 3.79. The topological polar surface area (TPSA) is 74.9 Å². The molecule has 1 heterocycles. The van der Waals surface area contributed by atoms with E-state index in [4.69, 9.17) is 4.42 Å². The Labute approximate surface area is 163 Å². The number of benzene rings is 2. The van der Waals surface area contributed by atoms with E-state index in [1.165, 1.54) is 0 Å². The summed E-state index contributed by atoms with van der Waals surface area (Å²) < 4.78 is 5.31. The van der Waals surface area contributed by atoms with Crippen molar-refractivity contribution >= 4 is 28.3 Å². The molecule has 0 bridgehead atoms. The number of anilines is 1. The molecule has 0 fully saturated rings. The molecule has 28 heavy (non-hydrogen) atoms. The van der Waals surface area contributed by atoms with Gasteiger partial charge in [-0.3, -0.25) is 4.79 Å². The summed E-state index contributed by atoms with van der Waals surface area (Å²) in [6, 6.07) is 16.3. The van der Waals surface area contributed by atoms with Crippen molar-refractivity contribution in [3.63, 3.8) is 0 Å². The van der Waals surface area contributed by atoms with Gasteiger partial charge in [0.15, 0.2) is 0 Å². The number of nitrogens with zero attached hydrogens (tertiary/aromatic N) is 2. The van der Waals surface area contributed by atoms with E-state index in [1.54, 1.807) is 37.3 Å². The molecule has 0 saturated carbocycles. The number of hydrogen-bond acceptors (Lipinski definition) is 5. The summed E-state index contributed by atoms with van der Waals surface area (Å²) in [5, 5.41) is 4.87. The number of rotatable bonds is 6. The van der Waals surface area contributed by atoms with Gasteiger partial charge in [-0.05, 0) is 57.2 Å². The van der Waals surface area contributed by atoms with Crippen LogP contribution in [0.25, 0.3) is 11.0 Å². The van der Waals surface area contributed by atoms with Gasteiger partial charge in [0.2, 0.25) is 0 Å². The van der Waals surface area contributed by atoms with E-state index in [0.717, 1.165) is 24.2 Å². The van der Waals surface area contributed by atoms with E-state index in [-0.39, 0.29) is 5.91 Å². The van der Waals surface area contributed by atoms with Gasteiger partial charge in [-0.1, -0.05) is 18.2 Å². The van der Waals surface area contributed by atoms with Crippen LogP contribution < -0.4 is 16.0 Å². The number of carbonyl (C=O) groups excluding carboxylic acids is 1. The van der Waals surface area contributed by atoms with Crippen molar-refractivity contribution in [1.82, 2.24) is 5.43 Å². The maximum atomic E-state index is 12.4. The van der Waals surface area contributed by atoms with Crippen LogP contribution in [0.5, 0.6) is 0 Å². The largest absolute Gasteiger partial charge is 0.422 e. The van der Waals surface area contributed by atoms with Crippen LogP contribution in [-0.4, -0.2) is 24.7 Å². The lowest BCUT2D eigenvalue weighted by molar-refractivity contribution is 0.0955. The minimum absolute atomic E-state index is 0.316. The summed E-state index contributed by atoms with van der Waals surface area (Å²) in [5.41, 5.74) is 4.79. The van der Waals surface area contributed by atoms with Gasteiger partial charge < -0.3 is 9.32 Å². The maximum Gasteiger partial charge on any atom is 0.345 e. The summed E-state index contributed by atoms with van der Waals surface area (Å²) in [4.78, 5) is 26.7. The van der Waals surface area contributed by atoms with Crippen molar-refractivity contribution in [3.8, 4) is 0 Å². The van der Waals surface area contributed by atoms with Crippen molar-refractivity contribution in [1.29, 1.82) is 0 Å². The van der Waals surface area contributed by atoms with Crippen molar-refractivity contribution in [2.75, 3.05) is 18.0 Å². The first-order chi connectivity index (χ1) is 13.5. The smallest absolute Gasteiger partial charge is 0.345 e. The molecule has 0 aliphatic rings. The van der Waals surface area contributed by atoms with Gasteiger partial charge in [0.05, 0.1) is 11.3 Å². The molecule has 6 heteroatoms. The highest BCUT2D eigenvalue weighted by atomic mass is 16.4. The van der Waals surface area contributed by atoms with E-state index in [2.05, 4.69) is 29.3 Å². The molecule has 0 saturated heterocycles. The van der Waals surface area contributed by atoms with Crippen molar-refractivity contribution in [3.05, 3.63) is 76.1 Å². The zero-order chi connectivity index (χ0) is 20.1.